The van der Waals surface area contributed by atoms with Gasteiger partial charge in [-0.15, -0.1) is 0 Å². The van der Waals surface area contributed by atoms with Crippen LogP contribution < -0.4 is 10.2 Å². The first-order chi connectivity index (χ1) is 12.4. The quantitative estimate of drug-likeness (QED) is 0.887. The smallest absolute Gasteiger partial charge is 0.290 e. The van der Waals surface area contributed by atoms with E-state index in [9.17, 15) is 13.2 Å². The molecule has 10 heteroatoms. The highest BCUT2D eigenvalue weighted by atomic mass is 19.3. The first-order valence-electron chi connectivity index (χ1n) is 8.68. The maximum Gasteiger partial charge on any atom is 0.290 e. The Balaban J connectivity index is 1.60. The van der Waals surface area contributed by atoms with Gasteiger partial charge in [0.1, 0.15) is 17.6 Å². The van der Waals surface area contributed by atoms with Crippen molar-refractivity contribution in [3.05, 3.63) is 17.1 Å². The highest BCUT2D eigenvalue weighted by molar-refractivity contribution is 5.61. The van der Waals surface area contributed by atoms with E-state index in [4.69, 9.17) is 4.52 Å². The monoisotopic (exact) mass is 366 g/mol. The highest BCUT2D eigenvalue weighted by Crippen LogP contribution is 2.44. The summed E-state index contributed by atoms with van der Waals surface area (Å²) in [5.41, 5.74) is 0.311. The maximum atomic E-state index is 14.3. The van der Waals surface area contributed by atoms with E-state index in [1.807, 2.05) is 0 Å². The molecule has 26 heavy (non-hydrogen) atoms. The molecule has 3 aliphatic rings. The van der Waals surface area contributed by atoms with Crippen LogP contribution in [0.2, 0.25) is 0 Å². The molecular weight excluding hydrogens is 349 g/mol. The Morgan fingerprint density at radius 3 is 2.69 bits per heavy atom. The van der Waals surface area contributed by atoms with Gasteiger partial charge in [0.25, 0.3) is 5.92 Å². The molecule has 2 fully saturated rings. The average molecular weight is 366 g/mol. The normalized spacial score (nSPS) is 27.2. The zero-order valence-corrected chi connectivity index (χ0v) is 14.0. The number of hydrogen-bond donors (Lipinski definition) is 1. The minimum Gasteiger partial charge on any atom is -0.339 e. The van der Waals surface area contributed by atoms with Crippen molar-refractivity contribution in [2.45, 2.75) is 43.8 Å². The summed E-state index contributed by atoms with van der Waals surface area (Å²) >= 11 is 0. The lowest BCUT2D eigenvalue weighted by molar-refractivity contribution is -0.00598. The minimum absolute atomic E-state index is 0.0935. The fourth-order valence-electron chi connectivity index (χ4n) is 3.51. The topological polar surface area (TPSA) is 80.0 Å². The second-order valence-corrected chi connectivity index (χ2v) is 7.12. The molecule has 2 aliphatic heterocycles. The fourth-order valence-corrected chi connectivity index (χ4v) is 3.51. The second-order valence-electron chi connectivity index (χ2n) is 7.12. The van der Waals surface area contributed by atoms with Gasteiger partial charge in [-0.25, -0.2) is 14.4 Å². The van der Waals surface area contributed by atoms with Gasteiger partial charge < -0.3 is 14.7 Å². The van der Waals surface area contributed by atoms with Gasteiger partial charge in [-0.3, -0.25) is 0 Å². The summed E-state index contributed by atoms with van der Waals surface area (Å²) in [5, 5.41) is 7.07. The van der Waals surface area contributed by atoms with E-state index in [1.165, 1.54) is 0 Å². The molecule has 138 valence electrons. The van der Waals surface area contributed by atoms with Gasteiger partial charge in [0.15, 0.2) is 0 Å². The lowest BCUT2D eigenvalue weighted by atomic mass is 10.0. The van der Waals surface area contributed by atoms with Crippen LogP contribution >= 0.6 is 0 Å². The van der Waals surface area contributed by atoms with E-state index < -0.39 is 18.1 Å². The molecular formula is C16H17F3N6O. The number of halogens is 3. The van der Waals surface area contributed by atoms with Crippen molar-refractivity contribution in [3.63, 3.8) is 0 Å². The third-order valence-corrected chi connectivity index (χ3v) is 5.46. The van der Waals surface area contributed by atoms with Crippen LogP contribution in [0.5, 0.6) is 0 Å². The fraction of sp³-hybridized carbons (Fsp3) is 0.625. The number of alkyl halides is 3. The maximum absolute atomic E-state index is 14.3. The van der Waals surface area contributed by atoms with Crippen LogP contribution in [0.4, 0.5) is 19.1 Å². The van der Waals surface area contributed by atoms with E-state index in [2.05, 4.69) is 25.4 Å². The zero-order chi connectivity index (χ0) is 18.1. The van der Waals surface area contributed by atoms with Crippen molar-refractivity contribution in [3.8, 4) is 11.5 Å². The van der Waals surface area contributed by atoms with E-state index in [0.29, 0.717) is 11.5 Å². The number of anilines is 1. The molecule has 1 N–H and O–H groups in total. The molecule has 2 aromatic heterocycles. The standard InChI is InChI=1S/C16H17F3N6O/c1-7-10(17)6-25(7)15-21-11(9-2-3-16(18,19)12(9)22-15)13-23-14(26-24-13)8-4-20-5-8/h7-8,10,20H,2-6H2,1H3/t7-,10-/m0/s1. The Hall–Kier alpha value is -2.23. The Bertz CT molecular complexity index is 868. The van der Waals surface area contributed by atoms with Gasteiger partial charge in [0.05, 0.1) is 18.5 Å². The molecule has 5 rings (SSSR count). The predicted octanol–water partition coefficient (Wildman–Crippen LogP) is 1.80. The number of hydrogen-bond acceptors (Lipinski definition) is 7. The number of aromatic nitrogens is 4. The van der Waals surface area contributed by atoms with Gasteiger partial charge in [0, 0.05) is 25.1 Å². The molecule has 0 spiro atoms. The minimum atomic E-state index is -3.03. The molecule has 2 atom stereocenters. The van der Waals surface area contributed by atoms with Crippen LogP contribution in [-0.4, -0.2) is 52.0 Å². The van der Waals surface area contributed by atoms with Gasteiger partial charge in [-0.1, -0.05) is 5.16 Å². The van der Waals surface area contributed by atoms with Gasteiger partial charge in [0.2, 0.25) is 17.7 Å². The van der Waals surface area contributed by atoms with Crippen molar-refractivity contribution in [1.82, 2.24) is 25.4 Å². The SMILES string of the molecule is C[C@H]1[C@@H](F)CN1c1nc(-c2noc(C3CNC3)n2)c2c(n1)C(F)(F)CC2. The molecule has 0 aromatic carbocycles. The van der Waals surface area contributed by atoms with Crippen LogP contribution in [0.15, 0.2) is 4.52 Å². The summed E-state index contributed by atoms with van der Waals surface area (Å²) in [6.07, 6.45) is -1.20. The molecule has 1 aliphatic carbocycles. The second kappa shape index (κ2) is 5.38. The van der Waals surface area contributed by atoms with Crippen LogP contribution in [0, 0.1) is 0 Å². The number of nitrogens with one attached hydrogen (secondary N) is 1. The Morgan fingerprint density at radius 2 is 2.04 bits per heavy atom. The molecule has 0 amide bonds. The zero-order valence-electron chi connectivity index (χ0n) is 14.0. The molecule has 2 saturated heterocycles. The molecule has 0 radical (unpaired) electrons. The molecule has 0 unspecified atom stereocenters. The van der Waals surface area contributed by atoms with Crippen molar-refractivity contribution in [2.24, 2.45) is 0 Å². The molecule has 4 heterocycles. The van der Waals surface area contributed by atoms with E-state index in [1.54, 1.807) is 11.8 Å². The van der Waals surface area contributed by atoms with E-state index in [0.717, 1.165) is 13.1 Å². The summed E-state index contributed by atoms with van der Waals surface area (Å²) in [6.45, 7) is 3.26. The first-order valence-corrected chi connectivity index (χ1v) is 8.68. The van der Waals surface area contributed by atoms with Crippen molar-refractivity contribution in [2.75, 3.05) is 24.5 Å². The third kappa shape index (κ3) is 2.24. The van der Waals surface area contributed by atoms with Gasteiger partial charge >= 0.3 is 0 Å². The number of rotatable bonds is 3. The lowest BCUT2D eigenvalue weighted by Crippen LogP contribution is -2.57. The Kier molecular flexibility index (Phi) is 3.31. The summed E-state index contributed by atoms with van der Waals surface area (Å²) < 4.78 is 47.5. The predicted molar refractivity (Wildman–Crippen MR) is 84.9 cm³/mol. The lowest BCUT2D eigenvalue weighted by Gasteiger charge is -2.42. The van der Waals surface area contributed by atoms with Gasteiger partial charge in [-0.2, -0.15) is 13.8 Å². The summed E-state index contributed by atoms with van der Waals surface area (Å²) in [6, 6.07) is -0.446. The molecule has 0 bridgehead atoms. The van der Waals surface area contributed by atoms with Crippen LogP contribution in [0.1, 0.15) is 36.4 Å². The van der Waals surface area contributed by atoms with Crippen LogP contribution in [0.3, 0.4) is 0 Å². The summed E-state index contributed by atoms with van der Waals surface area (Å²) in [5.74, 6) is -2.14. The van der Waals surface area contributed by atoms with Crippen LogP contribution in [0.25, 0.3) is 11.5 Å². The number of fused-ring (bicyclic) bond motifs is 1. The van der Waals surface area contributed by atoms with Gasteiger partial charge in [-0.05, 0) is 13.3 Å². The van der Waals surface area contributed by atoms with E-state index in [-0.39, 0.29) is 48.5 Å². The molecule has 7 nitrogen and oxygen atoms in total. The number of nitrogens with zero attached hydrogens (tertiary/aromatic N) is 5. The van der Waals surface area contributed by atoms with Crippen LogP contribution in [-0.2, 0) is 12.3 Å². The average Bonchev–Trinajstić information content (AvgIpc) is 3.15. The van der Waals surface area contributed by atoms with Crippen molar-refractivity contribution < 1.29 is 17.7 Å². The highest BCUT2D eigenvalue weighted by Gasteiger charge is 2.46. The van der Waals surface area contributed by atoms with E-state index >= 15 is 0 Å². The molecule has 2 aromatic rings. The van der Waals surface area contributed by atoms with Crippen molar-refractivity contribution in [1.29, 1.82) is 0 Å². The Morgan fingerprint density at radius 1 is 1.23 bits per heavy atom. The first kappa shape index (κ1) is 16.0. The third-order valence-electron chi connectivity index (χ3n) is 5.46. The summed E-state index contributed by atoms with van der Waals surface area (Å²) in [7, 11) is 0. The molecule has 0 saturated carbocycles. The van der Waals surface area contributed by atoms with Crippen molar-refractivity contribution >= 4 is 5.95 Å². The Labute approximate surface area is 147 Å². The largest absolute Gasteiger partial charge is 0.339 e. The summed E-state index contributed by atoms with van der Waals surface area (Å²) in [4.78, 5) is 14.4.